The lowest BCUT2D eigenvalue weighted by atomic mass is 9.99. The van der Waals surface area contributed by atoms with Crippen molar-refractivity contribution in [1.29, 1.82) is 0 Å². The number of benzene rings is 1. The summed E-state index contributed by atoms with van der Waals surface area (Å²) in [7, 11) is 0. The number of amides is 3. The summed E-state index contributed by atoms with van der Waals surface area (Å²) in [5, 5.41) is 26.7. The first kappa shape index (κ1) is 28.5. The Balaban J connectivity index is 2.17. The third-order valence-corrected chi connectivity index (χ3v) is 5.88. The predicted molar refractivity (Wildman–Crippen MR) is 130 cm³/mol. The number of nitrogens with zero attached hydrogens (tertiary/aromatic N) is 1. The van der Waals surface area contributed by atoms with E-state index in [0.717, 1.165) is 0 Å². The lowest BCUT2D eigenvalue weighted by Crippen LogP contribution is -2.59. The van der Waals surface area contributed by atoms with Gasteiger partial charge in [0.25, 0.3) is 0 Å². The van der Waals surface area contributed by atoms with Gasteiger partial charge in [0.15, 0.2) is 0 Å². The lowest BCUT2D eigenvalue weighted by molar-refractivity contribution is -0.142. The van der Waals surface area contributed by atoms with Crippen LogP contribution in [0, 0.1) is 5.92 Å². The summed E-state index contributed by atoms with van der Waals surface area (Å²) in [5.41, 5.74) is 7.13. The Morgan fingerprint density at radius 1 is 0.972 bits per heavy atom. The highest BCUT2D eigenvalue weighted by atomic mass is 16.4. The molecular weight excluding hydrogens is 468 g/mol. The molecule has 0 aliphatic rings. The second kappa shape index (κ2) is 14.0. The zero-order valence-corrected chi connectivity index (χ0v) is 20.3. The van der Waals surface area contributed by atoms with Crippen LogP contribution in [0.3, 0.4) is 0 Å². The van der Waals surface area contributed by atoms with Crippen LogP contribution in [-0.4, -0.2) is 74.6 Å². The number of aliphatic carboxylic acids is 1. The topological polar surface area (TPSA) is 200 Å². The molecule has 0 fully saturated rings. The van der Waals surface area contributed by atoms with Gasteiger partial charge in [-0.3, -0.25) is 14.4 Å². The minimum absolute atomic E-state index is 0.0457. The zero-order chi connectivity index (χ0) is 26.7. The molecule has 0 spiro atoms. The highest BCUT2D eigenvalue weighted by Gasteiger charge is 2.31. The number of aliphatic hydroxyl groups is 1. The molecule has 1 heterocycles. The Morgan fingerprint density at radius 3 is 2.14 bits per heavy atom. The number of carboxylic acids is 1. The molecule has 36 heavy (non-hydrogen) atoms. The Bertz CT molecular complexity index is 1000. The van der Waals surface area contributed by atoms with E-state index < -0.39 is 54.5 Å². The lowest BCUT2D eigenvalue weighted by Gasteiger charge is -2.25. The van der Waals surface area contributed by atoms with E-state index in [-0.39, 0.29) is 18.8 Å². The fourth-order valence-corrected chi connectivity index (χ4v) is 3.39. The van der Waals surface area contributed by atoms with E-state index in [0.29, 0.717) is 17.7 Å². The van der Waals surface area contributed by atoms with Crippen molar-refractivity contribution in [3.63, 3.8) is 0 Å². The maximum Gasteiger partial charge on any atom is 0.326 e. The number of rotatable bonds is 14. The van der Waals surface area contributed by atoms with Crippen LogP contribution in [0.5, 0.6) is 0 Å². The van der Waals surface area contributed by atoms with E-state index in [4.69, 9.17) is 5.73 Å². The number of hydrogen-bond acceptors (Lipinski definition) is 7. The Morgan fingerprint density at radius 2 is 1.58 bits per heavy atom. The molecule has 8 N–H and O–H groups in total. The van der Waals surface area contributed by atoms with Gasteiger partial charge in [-0.25, -0.2) is 9.78 Å². The summed E-state index contributed by atoms with van der Waals surface area (Å²) in [5.74, 6) is -3.56. The molecule has 0 unspecified atom stereocenters. The molecular formula is C24H34N6O6. The van der Waals surface area contributed by atoms with Crippen molar-refractivity contribution >= 4 is 23.7 Å². The van der Waals surface area contributed by atoms with Crippen molar-refractivity contribution in [3.8, 4) is 0 Å². The average molecular weight is 503 g/mol. The molecule has 12 heteroatoms. The van der Waals surface area contributed by atoms with E-state index in [9.17, 15) is 29.4 Å². The fraction of sp³-hybridized carbons (Fsp3) is 0.458. The fourth-order valence-electron chi connectivity index (χ4n) is 3.39. The van der Waals surface area contributed by atoms with Crippen LogP contribution < -0.4 is 21.7 Å². The van der Waals surface area contributed by atoms with Crippen molar-refractivity contribution in [2.75, 3.05) is 6.61 Å². The van der Waals surface area contributed by atoms with Crippen molar-refractivity contribution in [1.82, 2.24) is 25.9 Å². The van der Waals surface area contributed by atoms with E-state index in [1.807, 2.05) is 6.92 Å². The van der Waals surface area contributed by atoms with Gasteiger partial charge in [0, 0.05) is 24.7 Å². The molecule has 196 valence electrons. The minimum Gasteiger partial charge on any atom is -0.480 e. The number of hydrogen-bond donors (Lipinski definition) is 7. The normalized spacial score (nSPS) is 15.1. The molecule has 3 amide bonds. The van der Waals surface area contributed by atoms with Crippen LogP contribution in [0.4, 0.5) is 0 Å². The van der Waals surface area contributed by atoms with Crippen molar-refractivity contribution in [2.45, 2.75) is 57.3 Å². The van der Waals surface area contributed by atoms with Crippen LogP contribution >= 0.6 is 0 Å². The summed E-state index contributed by atoms with van der Waals surface area (Å²) in [4.78, 5) is 56.8. The predicted octanol–water partition coefficient (Wildman–Crippen LogP) is -0.900. The number of carbonyl (C=O) groups excluding carboxylic acids is 3. The Hall–Kier alpha value is -3.77. The number of nitrogens with two attached hydrogens (primary N) is 1. The quantitative estimate of drug-likeness (QED) is 0.172. The number of nitrogens with one attached hydrogen (secondary N) is 4. The molecule has 2 aromatic rings. The van der Waals surface area contributed by atoms with Gasteiger partial charge in [0.2, 0.25) is 17.7 Å². The van der Waals surface area contributed by atoms with Gasteiger partial charge in [0.05, 0.1) is 19.0 Å². The maximum atomic E-state index is 13.1. The van der Waals surface area contributed by atoms with Crippen LogP contribution in [-0.2, 0) is 32.0 Å². The molecule has 0 radical (unpaired) electrons. The van der Waals surface area contributed by atoms with Gasteiger partial charge >= 0.3 is 5.97 Å². The summed E-state index contributed by atoms with van der Waals surface area (Å²) >= 11 is 0. The Labute approximate surface area is 209 Å². The molecule has 5 atom stereocenters. The van der Waals surface area contributed by atoms with Crippen molar-refractivity contribution < 1.29 is 29.4 Å². The smallest absolute Gasteiger partial charge is 0.326 e. The van der Waals surface area contributed by atoms with Crippen LogP contribution in [0.25, 0.3) is 0 Å². The highest BCUT2D eigenvalue weighted by Crippen LogP contribution is 2.08. The van der Waals surface area contributed by atoms with Gasteiger partial charge in [-0.1, -0.05) is 50.6 Å². The monoisotopic (exact) mass is 502 g/mol. The first-order valence-corrected chi connectivity index (χ1v) is 11.7. The first-order chi connectivity index (χ1) is 17.2. The second-order valence-electron chi connectivity index (χ2n) is 8.59. The number of carbonyl (C=O) groups is 4. The molecule has 1 aromatic carbocycles. The summed E-state index contributed by atoms with van der Waals surface area (Å²) in [6.07, 6.45) is 3.49. The number of H-pyrrole nitrogens is 1. The minimum atomic E-state index is -1.35. The van der Waals surface area contributed by atoms with Crippen LogP contribution in [0.2, 0.25) is 0 Å². The molecule has 0 bridgehead atoms. The average Bonchev–Trinajstić information content (AvgIpc) is 3.38. The third-order valence-electron chi connectivity index (χ3n) is 5.88. The molecule has 12 nitrogen and oxygen atoms in total. The van der Waals surface area contributed by atoms with E-state index in [1.54, 1.807) is 37.3 Å². The molecule has 0 aliphatic carbocycles. The molecule has 1 aromatic heterocycles. The highest BCUT2D eigenvalue weighted by molar-refractivity contribution is 5.94. The molecule has 2 rings (SSSR count). The summed E-state index contributed by atoms with van der Waals surface area (Å²) in [6, 6.07) is 4.13. The van der Waals surface area contributed by atoms with Gasteiger partial charge in [-0.15, -0.1) is 0 Å². The summed E-state index contributed by atoms with van der Waals surface area (Å²) in [6.45, 7) is 2.94. The SMILES string of the molecule is CC[C@H](C)[C@H](N)C(=O)N[C@@H](CO)C(=O)N[C@@H](Cc1ccccc1)C(=O)N[C@@H](Cc1cnc[nH]1)C(=O)O. The molecule has 0 saturated heterocycles. The largest absolute Gasteiger partial charge is 0.480 e. The van der Waals surface area contributed by atoms with Crippen LogP contribution in [0.1, 0.15) is 31.5 Å². The standard InChI is InChI=1S/C24H34N6O6/c1-3-14(2)20(25)23(34)30-19(12-31)22(33)28-17(9-15-7-5-4-6-8-15)21(32)29-18(24(35)36)10-16-11-26-13-27-16/h4-8,11,13-14,17-20,31H,3,9-10,12,25H2,1-2H3,(H,26,27)(H,28,33)(H,29,32)(H,30,34)(H,35,36)/t14-,17-,18-,19-,20-/m0/s1. The number of imidazole rings is 1. The van der Waals surface area contributed by atoms with E-state index in [2.05, 4.69) is 25.9 Å². The van der Waals surface area contributed by atoms with E-state index >= 15 is 0 Å². The number of aromatic amines is 1. The van der Waals surface area contributed by atoms with Gasteiger partial charge in [-0.05, 0) is 11.5 Å². The van der Waals surface area contributed by atoms with Gasteiger partial charge in [0.1, 0.15) is 18.1 Å². The Kier molecular flexibility index (Phi) is 11.0. The molecule has 0 saturated carbocycles. The van der Waals surface area contributed by atoms with Gasteiger partial charge in [-0.2, -0.15) is 0 Å². The maximum absolute atomic E-state index is 13.1. The van der Waals surface area contributed by atoms with Gasteiger partial charge < -0.3 is 36.9 Å². The second-order valence-corrected chi connectivity index (χ2v) is 8.59. The number of aromatic nitrogens is 2. The van der Waals surface area contributed by atoms with E-state index in [1.165, 1.54) is 12.5 Å². The molecule has 0 aliphatic heterocycles. The first-order valence-electron chi connectivity index (χ1n) is 11.7. The van der Waals surface area contributed by atoms with Crippen LogP contribution in [0.15, 0.2) is 42.9 Å². The summed E-state index contributed by atoms with van der Waals surface area (Å²) < 4.78 is 0. The van der Waals surface area contributed by atoms with Crippen molar-refractivity contribution in [2.24, 2.45) is 11.7 Å². The number of carboxylic acid groups (broad SMARTS) is 1. The third kappa shape index (κ3) is 8.47. The number of aliphatic hydroxyl groups excluding tert-OH is 1. The zero-order valence-electron chi connectivity index (χ0n) is 20.3. The van der Waals surface area contributed by atoms with Crippen molar-refractivity contribution in [3.05, 3.63) is 54.1 Å².